The molecule has 1 rings (SSSR count). The van der Waals surface area contributed by atoms with Gasteiger partial charge < -0.3 is 24.0 Å². The van der Waals surface area contributed by atoms with Crippen LogP contribution in [0.1, 0.15) is 11.4 Å². The molecule has 72 valence electrons. The smallest absolute Gasteiger partial charge is 0.335 e. The zero-order chi connectivity index (χ0) is 9.30. The average molecular weight is 294 g/mol. The van der Waals surface area contributed by atoms with Crippen LogP contribution in [-0.4, -0.2) is 4.92 Å². The standard InChI is InChI=1S/C8H11N2O2.HI/c1-6-4-5-8(10(11)12)7(2)9(6)3;/h4-5H,1-3H3;1H/q+1;/p-1. The number of nitro groups is 1. The van der Waals surface area contributed by atoms with E-state index in [1.54, 1.807) is 17.6 Å². The Morgan fingerprint density at radius 1 is 1.38 bits per heavy atom. The van der Waals surface area contributed by atoms with Crippen LogP contribution < -0.4 is 28.5 Å². The van der Waals surface area contributed by atoms with E-state index in [0.29, 0.717) is 5.69 Å². The van der Waals surface area contributed by atoms with Gasteiger partial charge in [-0.15, -0.1) is 0 Å². The van der Waals surface area contributed by atoms with E-state index in [9.17, 15) is 10.1 Å². The molecular weight excluding hydrogens is 283 g/mol. The lowest BCUT2D eigenvalue weighted by atomic mass is 10.2. The Bertz CT molecular complexity index is 339. The summed E-state index contributed by atoms with van der Waals surface area (Å²) < 4.78 is 1.80. The number of aromatic nitrogens is 1. The van der Waals surface area contributed by atoms with Crippen LogP contribution in [-0.2, 0) is 7.05 Å². The van der Waals surface area contributed by atoms with E-state index in [-0.39, 0.29) is 34.6 Å². The Labute approximate surface area is 93.8 Å². The maximum Gasteiger partial charge on any atom is 0.335 e. The molecular formula is C8H11IN2O2. The van der Waals surface area contributed by atoms with Crippen molar-refractivity contribution < 1.29 is 33.5 Å². The van der Waals surface area contributed by atoms with E-state index < -0.39 is 0 Å². The van der Waals surface area contributed by atoms with Gasteiger partial charge in [-0.3, -0.25) is 10.1 Å². The second-order valence-corrected chi connectivity index (χ2v) is 2.76. The van der Waals surface area contributed by atoms with E-state index in [1.165, 1.54) is 6.07 Å². The van der Waals surface area contributed by atoms with Gasteiger partial charge in [0.05, 0.1) is 4.92 Å². The van der Waals surface area contributed by atoms with Crippen molar-refractivity contribution in [3.05, 3.63) is 33.6 Å². The van der Waals surface area contributed by atoms with Crippen LogP contribution in [0.25, 0.3) is 0 Å². The van der Waals surface area contributed by atoms with Gasteiger partial charge in [0.25, 0.3) is 5.69 Å². The first kappa shape index (κ1) is 12.3. The molecule has 0 saturated heterocycles. The second kappa shape index (κ2) is 4.50. The third kappa shape index (κ3) is 2.36. The molecule has 1 heterocycles. The Kier molecular flexibility index (Phi) is 4.25. The molecule has 0 saturated carbocycles. The number of hydrogen-bond acceptors (Lipinski definition) is 2. The third-order valence-corrected chi connectivity index (χ3v) is 2.08. The molecule has 0 bridgehead atoms. The number of aryl methyl sites for hydroxylation is 1. The summed E-state index contributed by atoms with van der Waals surface area (Å²) >= 11 is 0. The summed E-state index contributed by atoms with van der Waals surface area (Å²) in [5.41, 5.74) is 1.86. The molecule has 0 aliphatic rings. The van der Waals surface area contributed by atoms with Crippen molar-refractivity contribution in [1.82, 2.24) is 0 Å². The van der Waals surface area contributed by atoms with Gasteiger partial charge in [-0.25, -0.2) is 0 Å². The Morgan fingerprint density at radius 3 is 2.38 bits per heavy atom. The molecule has 0 aliphatic heterocycles. The van der Waals surface area contributed by atoms with Crippen LogP contribution in [0.3, 0.4) is 0 Å². The third-order valence-electron chi connectivity index (χ3n) is 2.08. The van der Waals surface area contributed by atoms with E-state index in [2.05, 4.69) is 0 Å². The number of pyridine rings is 1. The highest BCUT2D eigenvalue weighted by Crippen LogP contribution is 2.12. The highest BCUT2D eigenvalue weighted by atomic mass is 127. The normalized spacial score (nSPS) is 9.15. The highest BCUT2D eigenvalue weighted by Gasteiger charge is 2.19. The molecule has 0 spiro atoms. The SMILES string of the molecule is Cc1ccc([N+](=O)[O-])c(C)[n+]1C.[I-]. The number of hydrogen-bond donors (Lipinski definition) is 0. The Balaban J connectivity index is 0.00000144. The average Bonchev–Trinajstić information content (AvgIpc) is 2.00. The van der Waals surface area contributed by atoms with Crippen molar-refractivity contribution in [2.24, 2.45) is 7.05 Å². The summed E-state index contributed by atoms with van der Waals surface area (Å²) in [7, 11) is 1.82. The molecule has 0 aliphatic carbocycles. The van der Waals surface area contributed by atoms with E-state index >= 15 is 0 Å². The molecule has 0 atom stereocenters. The van der Waals surface area contributed by atoms with Gasteiger partial charge in [-0.05, 0) is 0 Å². The quantitative estimate of drug-likeness (QED) is 0.261. The van der Waals surface area contributed by atoms with E-state index in [4.69, 9.17) is 0 Å². The zero-order valence-electron chi connectivity index (χ0n) is 7.74. The maximum atomic E-state index is 10.5. The fourth-order valence-electron chi connectivity index (χ4n) is 1.06. The van der Waals surface area contributed by atoms with Crippen LogP contribution >= 0.6 is 0 Å². The van der Waals surface area contributed by atoms with Crippen molar-refractivity contribution in [2.45, 2.75) is 13.8 Å². The van der Waals surface area contributed by atoms with E-state index in [1.807, 2.05) is 14.0 Å². The highest BCUT2D eigenvalue weighted by molar-refractivity contribution is 5.31. The van der Waals surface area contributed by atoms with Gasteiger partial charge in [0, 0.05) is 26.0 Å². The maximum absolute atomic E-state index is 10.5. The molecule has 0 fully saturated rings. The summed E-state index contributed by atoms with van der Waals surface area (Å²) in [5, 5.41) is 10.5. The monoisotopic (exact) mass is 294 g/mol. The minimum absolute atomic E-state index is 0. The second-order valence-electron chi connectivity index (χ2n) is 2.76. The lowest BCUT2D eigenvalue weighted by Gasteiger charge is -1.97. The molecule has 1 aromatic heterocycles. The molecule has 0 radical (unpaired) electrons. The zero-order valence-corrected chi connectivity index (χ0v) is 9.90. The van der Waals surface area contributed by atoms with Crippen molar-refractivity contribution >= 4 is 5.69 Å². The first-order chi connectivity index (χ1) is 5.54. The first-order valence-corrected chi connectivity index (χ1v) is 3.64. The summed E-state index contributed by atoms with van der Waals surface area (Å²) in [5.74, 6) is 0. The van der Waals surface area contributed by atoms with Gasteiger partial charge >= 0.3 is 5.69 Å². The van der Waals surface area contributed by atoms with Gasteiger partial charge in [0.15, 0.2) is 5.69 Å². The van der Waals surface area contributed by atoms with Gasteiger partial charge in [-0.2, -0.15) is 4.57 Å². The summed E-state index contributed by atoms with van der Waals surface area (Å²) in [6, 6.07) is 3.27. The van der Waals surface area contributed by atoms with Crippen molar-refractivity contribution in [1.29, 1.82) is 0 Å². The molecule has 0 aromatic carbocycles. The Hall–Kier alpha value is -0.720. The Morgan fingerprint density at radius 2 is 1.92 bits per heavy atom. The minimum Gasteiger partial charge on any atom is -1.00 e. The van der Waals surface area contributed by atoms with Crippen LogP contribution in [0.5, 0.6) is 0 Å². The minimum atomic E-state index is -0.366. The van der Waals surface area contributed by atoms with Gasteiger partial charge in [0.1, 0.15) is 7.05 Å². The van der Waals surface area contributed by atoms with Crippen LogP contribution in [0.15, 0.2) is 12.1 Å². The predicted molar refractivity (Wildman–Crippen MR) is 43.7 cm³/mol. The van der Waals surface area contributed by atoms with Crippen molar-refractivity contribution in [3.63, 3.8) is 0 Å². The van der Waals surface area contributed by atoms with E-state index in [0.717, 1.165) is 5.69 Å². The molecule has 0 N–H and O–H groups in total. The first-order valence-electron chi connectivity index (χ1n) is 3.64. The van der Waals surface area contributed by atoms with Gasteiger partial charge in [0.2, 0.25) is 0 Å². The van der Waals surface area contributed by atoms with Crippen LogP contribution in [0, 0.1) is 24.0 Å². The molecule has 4 nitrogen and oxygen atoms in total. The number of rotatable bonds is 1. The molecule has 1 aromatic rings. The largest absolute Gasteiger partial charge is 1.00 e. The fraction of sp³-hybridized carbons (Fsp3) is 0.375. The molecule has 5 heteroatoms. The molecule has 0 unspecified atom stereocenters. The summed E-state index contributed by atoms with van der Waals surface area (Å²) in [4.78, 5) is 10.1. The lowest BCUT2D eigenvalue weighted by molar-refractivity contribution is -0.686. The summed E-state index contributed by atoms with van der Waals surface area (Å²) in [6.07, 6.45) is 0. The number of halogens is 1. The van der Waals surface area contributed by atoms with Gasteiger partial charge in [-0.1, -0.05) is 0 Å². The molecule has 0 amide bonds. The van der Waals surface area contributed by atoms with Crippen molar-refractivity contribution in [2.75, 3.05) is 0 Å². The molecule has 13 heavy (non-hydrogen) atoms. The summed E-state index contributed by atoms with van der Waals surface area (Å²) in [6.45, 7) is 3.65. The fourth-order valence-corrected chi connectivity index (χ4v) is 1.06. The topological polar surface area (TPSA) is 47.0 Å². The number of nitrogens with zero attached hydrogens (tertiary/aromatic N) is 2. The van der Waals surface area contributed by atoms with Crippen LogP contribution in [0.2, 0.25) is 0 Å². The predicted octanol–water partition coefficient (Wildman–Crippen LogP) is -1.96. The lowest BCUT2D eigenvalue weighted by Crippen LogP contribution is -3.00. The van der Waals surface area contributed by atoms with Crippen molar-refractivity contribution in [3.8, 4) is 0 Å². The van der Waals surface area contributed by atoms with Crippen LogP contribution in [0.4, 0.5) is 5.69 Å².